The number of ether oxygens (including phenoxy) is 2. The van der Waals surface area contributed by atoms with Crippen molar-refractivity contribution in [2.45, 2.75) is 67.5 Å². The second-order valence-corrected chi connectivity index (χ2v) is 7.77. The van der Waals surface area contributed by atoms with Gasteiger partial charge in [-0.15, -0.1) is 0 Å². The van der Waals surface area contributed by atoms with E-state index in [0.29, 0.717) is 5.56 Å². The molecule has 11 heteroatoms. The highest BCUT2D eigenvalue weighted by Crippen LogP contribution is 2.28. The van der Waals surface area contributed by atoms with E-state index in [1.807, 2.05) is 0 Å². The van der Waals surface area contributed by atoms with E-state index in [4.69, 9.17) is 26.7 Å². The van der Waals surface area contributed by atoms with Gasteiger partial charge in [-0.1, -0.05) is 18.2 Å². The summed E-state index contributed by atoms with van der Waals surface area (Å²) in [5, 5.41) is 44.0. The van der Waals surface area contributed by atoms with Crippen LogP contribution >= 0.6 is 0 Å². The summed E-state index contributed by atoms with van der Waals surface area (Å²) in [5.41, 5.74) is 17.8. The average Bonchev–Trinajstić information content (AvgIpc) is 2.74. The second-order valence-electron chi connectivity index (χ2n) is 7.77. The van der Waals surface area contributed by atoms with Gasteiger partial charge in [-0.25, -0.2) is 0 Å². The van der Waals surface area contributed by atoms with Crippen LogP contribution in [0.25, 0.3) is 0 Å². The van der Waals surface area contributed by atoms with Crippen molar-refractivity contribution >= 4 is 5.91 Å². The van der Waals surface area contributed by atoms with Crippen molar-refractivity contribution in [2.24, 2.45) is 17.2 Å². The van der Waals surface area contributed by atoms with Crippen LogP contribution in [0.3, 0.4) is 0 Å². The highest BCUT2D eigenvalue weighted by Gasteiger charge is 2.49. The molecular formula is C19H30N4O7. The predicted molar refractivity (Wildman–Crippen MR) is 105 cm³/mol. The van der Waals surface area contributed by atoms with Gasteiger partial charge in [-0.05, 0) is 18.6 Å². The molecule has 1 saturated carbocycles. The first-order valence-corrected chi connectivity index (χ1v) is 9.85. The number of nitrogens with two attached hydrogens (primary N) is 3. The summed E-state index contributed by atoms with van der Waals surface area (Å²) in [7, 11) is 0. The third-order valence-corrected chi connectivity index (χ3v) is 5.65. The summed E-state index contributed by atoms with van der Waals surface area (Å²) in [6.07, 6.45) is -8.68. The third-order valence-electron chi connectivity index (χ3n) is 5.65. The smallest absolute Gasteiger partial charge is 0.251 e. The van der Waals surface area contributed by atoms with Gasteiger partial charge in [-0.2, -0.15) is 0 Å². The van der Waals surface area contributed by atoms with Crippen LogP contribution in [0.5, 0.6) is 0 Å². The number of aliphatic hydroxyl groups excluding tert-OH is 4. The molecule has 0 aromatic heterocycles. The Kier molecular flexibility index (Phi) is 7.39. The van der Waals surface area contributed by atoms with Crippen LogP contribution in [-0.2, 0) is 9.47 Å². The molecule has 1 aliphatic carbocycles. The zero-order valence-corrected chi connectivity index (χ0v) is 16.3. The molecular weight excluding hydrogens is 396 g/mol. The topological polar surface area (TPSA) is 207 Å². The minimum Gasteiger partial charge on any atom is -0.389 e. The molecule has 10 atom stereocenters. The van der Waals surface area contributed by atoms with Gasteiger partial charge in [0.05, 0.1) is 6.10 Å². The fourth-order valence-corrected chi connectivity index (χ4v) is 3.85. The summed E-state index contributed by atoms with van der Waals surface area (Å²) in [6.45, 7) is -0.121. The molecule has 1 aromatic carbocycles. The van der Waals surface area contributed by atoms with E-state index >= 15 is 0 Å². The molecule has 0 unspecified atom stereocenters. The number of hydrogen-bond acceptors (Lipinski definition) is 10. The molecule has 168 valence electrons. The Morgan fingerprint density at radius 3 is 2.33 bits per heavy atom. The monoisotopic (exact) mass is 426 g/mol. The van der Waals surface area contributed by atoms with E-state index in [-0.39, 0.29) is 13.0 Å². The molecule has 0 spiro atoms. The van der Waals surface area contributed by atoms with Gasteiger partial charge in [0.25, 0.3) is 5.91 Å². The van der Waals surface area contributed by atoms with Crippen LogP contribution in [0, 0.1) is 0 Å². The van der Waals surface area contributed by atoms with E-state index in [9.17, 15) is 25.2 Å². The largest absolute Gasteiger partial charge is 0.389 e. The Balaban J connectivity index is 1.81. The van der Waals surface area contributed by atoms with Gasteiger partial charge < -0.3 is 52.4 Å². The van der Waals surface area contributed by atoms with Crippen LogP contribution in [0.2, 0.25) is 0 Å². The fraction of sp³-hybridized carbons (Fsp3) is 0.632. The van der Waals surface area contributed by atoms with Crippen LogP contribution in [-0.4, -0.2) is 93.9 Å². The molecule has 2 fully saturated rings. The van der Waals surface area contributed by atoms with Crippen LogP contribution in [0.1, 0.15) is 16.8 Å². The maximum absolute atomic E-state index is 12.6. The standard InChI is InChI=1S/C19H30N4O7/c20-7-11-14(25)15(26)12(23-18(28)8-4-2-1-3-5-8)19(29-11)30-17-10(22)6-9(21)13(24)16(17)27/h1-5,9-17,19,24-27H,6-7,20-22H2,(H,23,28)/t9-,10+,11-,12-,13-,14+,15+,16-,17+,19+/m0/s1. The Morgan fingerprint density at radius 1 is 1.03 bits per heavy atom. The average molecular weight is 426 g/mol. The summed E-state index contributed by atoms with van der Waals surface area (Å²) in [6, 6.07) is 5.63. The number of nitrogens with one attached hydrogen (secondary N) is 1. The lowest BCUT2D eigenvalue weighted by atomic mass is 9.84. The molecule has 0 radical (unpaired) electrons. The van der Waals surface area contributed by atoms with Gasteiger partial charge >= 0.3 is 0 Å². The molecule has 0 bridgehead atoms. The third kappa shape index (κ3) is 4.64. The number of carbonyl (C=O) groups excluding carboxylic acids is 1. The zero-order chi connectivity index (χ0) is 22.0. The lowest BCUT2D eigenvalue weighted by Gasteiger charge is -2.46. The zero-order valence-electron chi connectivity index (χ0n) is 16.3. The predicted octanol–water partition coefficient (Wildman–Crippen LogP) is -3.64. The maximum Gasteiger partial charge on any atom is 0.251 e. The van der Waals surface area contributed by atoms with Crippen molar-refractivity contribution in [1.82, 2.24) is 5.32 Å². The van der Waals surface area contributed by atoms with Gasteiger partial charge in [0.1, 0.15) is 36.6 Å². The number of rotatable bonds is 5. The van der Waals surface area contributed by atoms with Crippen molar-refractivity contribution in [3.8, 4) is 0 Å². The molecule has 1 aromatic rings. The lowest BCUT2D eigenvalue weighted by Crippen LogP contribution is -2.68. The van der Waals surface area contributed by atoms with Gasteiger partial charge in [0.15, 0.2) is 6.29 Å². The molecule has 1 heterocycles. The first-order chi connectivity index (χ1) is 14.2. The molecule has 2 aliphatic rings. The van der Waals surface area contributed by atoms with Crippen molar-refractivity contribution in [1.29, 1.82) is 0 Å². The van der Waals surface area contributed by atoms with Crippen molar-refractivity contribution < 1.29 is 34.7 Å². The second kappa shape index (κ2) is 9.64. The highest BCUT2D eigenvalue weighted by molar-refractivity contribution is 5.94. The SMILES string of the molecule is NC[C@@H]1O[C@H](O[C@H]2[C@@H](O)[C@@H](O)[C@@H](N)C[C@H]2N)[C@@H](NC(=O)c2ccccc2)[C@@H](O)[C@@H]1O. The van der Waals surface area contributed by atoms with E-state index < -0.39 is 66.9 Å². The van der Waals surface area contributed by atoms with E-state index in [1.54, 1.807) is 30.3 Å². The molecule has 11 N–H and O–H groups in total. The van der Waals surface area contributed by atoms with Crippen LogP contribution in [0.15, 0.2) is 30.3 Å². The quantitative estimate of drug-likeness (QED) is 0.232. The minimum atomic E-state index is -1.46. The van der Waals surface area contributed by atoms with Crippen LogP contribution < -0.4 is 22.5 Å². The van der Waals surface area contributed by atoms with Gasteiger partial charge in [0.2, 0.25) is 0 Å². The molecule has 1 saturated heterocycles. The molecule has 3 rings (SSSR count). The minimum absolute atomic E-state index is 0.121. The molecule has 11 nitrogen and oxygen atoms in total. The summed E-state index contributed by atoms with van der Waals surface area (Å²) in [5.74, 6) is -0.522. The molecule has 1 amide bonds. The van der Waals surface area contributed by atoms with Crippen molar-refractivity contribution in [2.75, 3.05) is 6.54 Å². The summed E-state index contributed by atoms with van der Waals surface area (Å²) < 4.78 is 11.5. The number of aliphatic hydroxyl groups is 4. The fourth-order valence-electron chi connectivity index (χ4n) is 3.85. The van der Waals surface area contributed by atoms with Gasteiger partial charge in [-0.3, -0.25) is 4.79 Å². The molecule has 30 heavy (non-hydrogen) atoms. The van der Waals surface area contributed by atoms with E-state index in [2.05, 4.69) is 5.32 Å². The normalized spacial score (nSPS) is 42.0. The summed E-state index contributed by atoms with van der Waals surface area (Å²) in [4.78, 5) is 12.6. The molecule has 1 aliphatic heterocycles. The van der Waals surface area contributed by atoms with E-state index in [1.165, 1.54) is 0 Å². The Labute approximate surface area is 173 Å². The number of carbonyl (C=O) groups is 1. The lowest BCUT2D eigenvalue weighted by molar-refractivity contribution is -0.290. The Morgan fingerprint density at radius 2 is 1.70 bits per heavy atom. The Hall–Kier alpha value is -1.67. The van der Waals surface area contributed by atoms with E-state index in [0.717, 1.165) is 0 Å². The highest BCUT2D eigenvalue weighted by atomic mass is 16.7. The van der Waals surface area contributed by atoms with Crippen molar-refractivity contribution in [3.05, 3.63) is 35.9 Å². The van der Waals surface area contributed by atoms with Crippen molar-refractivity contribution in [3.63, 3.8) is 0 Å². The van der Waals surface area contributed by atoms with Crippen LogP contribution in [0.4, 0.5) is 0 Å². The first kappa shape index (κ1) is 23.0. The number of amides is 1. The maximum atomic E-state index is 12.6. The first-order valence-electron chi connectivity index (χ1n) is 9.85. The number of benzene rings is 1. The number of hydrogen-bond donors (Lipinski definition) is 8. The Bertz CT molecular complexity index is 711. The summed E-state index contributed by atoms with van der Waals surface area (Å²) >= 11 is 0. The van der Waals surface area contributed by atoms with Gasteiger partial charge in [0, 0.05) is 24.2 Å².